The molecule has 1 rings (SSSR count). The maximum atomic E-state index is 11.9. The van der Waals surface area contributed by atoms with Gasteiger partial charge >= 0.3 is 0 Å². The second-order valence-corrected chi connectivity index (χ2v) is 3.76. The normalized spacial score (nSPS) is 9.50. The van der Waals surface area contributed by atoms with Crippen LogP contribution in [0, 0.1) is 18.8 Å². The Bertz CT molecular complexity index is 472. The smallest absolute Gasteiger partial charge is 0.252 e. The highest BCUT2D eigenvalue weighted by Crippen LogP contribution is 2.10. The predicted octanol–water partition coefficient (Wildman–Crippen LogP) is 0.715. The van der Waals surface area contributed by atoms with Crippen LogP contribution in [0.5, 0.6) is 0 Å². The lowest BCUT2D eigenvalue weighted by atomic mass is 10.0. The highest BCUT2D eigenvalue weighted by molar-refractivity contribution is 5.96. The Kier molecular flexibility index (Phi) is 5.92. The van der Waals surface area contributed by atoms with Crippen LogP contribution in [0.4, 0.5) is 0 Å². The molecule has 1 aromatic carbocycles. The van der Waals surface area contributed by atoms with Gasteiger partial charge in [-0.2, -0.15) is 0 Å². The summed E-state index contributed by atoms with van der Waals surface area (Å²) in [5, 5.41) is 11.5. The zero-order valence-electron chi connectivity index (χ0n) is 10.6. The van der Waals surface area contributed by atoms with E-state index >= 15 is 0 Å². The van der Waals surface area contributed by atoms with E-state index in [2.05, 4.69) is 17.2 Å². The number of rotatable bonds is 4. The molecule has 0 unspecified atom stereocenters. The second-order valence-electron chi connectivity index (χ2n) is 3.76. The number of hydrogen-bond donors (Lipinski definition) is 2. The average Bonchev–Trinajstić information content (AvgIpc) is 2.36. The number of hydrogen-bond acceptors (Lipinski definition) is 3. The fraction of sp³-hybridized carbons (Fsp3) is 0.357. The molecule has 1 amide bonds. The minimum atomic E-state index is -0.224. The molecule has 0 aliphatic rings. The van der Waals surface area contributed by atoms with Crippen LogP contribution in [0.15, 0.2) is 18.2 Å². The molecule has 0 bridgehead atoms. The van der Waals surface area contributed by atoms with E-state index in [1.54, 1.807) is 13.2 Å². The Morgan fingerprint density at radius 1 is 1.50 bits per heavy atom. The number of carbonyl (C=O) groups excluding carboxylic acids is 1. The maximum absolute atomic E-state index is 11.9. The molecule has 0 aliphatic carbocycles. The molecule has 0 radical (unpaired) electrons. The lowest BCUT2D eigenvalue weighted by Crippen LogP contribution is -2.27. The summed E-state index contributed by atoms with van der Waals surface area (Å²) < 4.78 is 4.87. The van der Waals surface area contributed by atoms with Gasteiger partial charge < -0.3 is 15.2 Å². The first-order valence-electron chi connectivity index (χ1n) is 5.66. The highest BCUT2D eigenvalue weighted by atomic mass is 16.5. The van der Waals surface area contributed by atoms with Crippen molar-refractivity contribution in [3.05, 3.63) is 34.9 Å². The molecule has 4 heteroatoms. The van der Waals surface area contributed by atoms with Crippen molar-refractivity contribution in [2.24, 2.45) is 0 Å². The molecular weight excluding hydrogens is 230 g/mol. The number of carbonyl (C=O) groups is 1. The fourth-order valence-corrected chi connectivity index (χ4v) is 1.46. The summed E-state index contributed by atoms with van der Waals surface area (Å²) in [7, 11) is 1.58. The summed E-state index contributed by atoms with van der Waals surface area (Å²) in [4.78, 5) is 11.9. The van der Waals surface area contributed by atoms with Gasteiger partial charge in [-0.3, -0.25) is 4.79 Å². The van der Waals surface area contributed by atoms with E-state index in [0.717, 1.165) is 5.56 Å². The molecular formula is C14H17NO3. The number of ether oxygens (including phenoxy) is 1. The molecule has 0 heterocycles. The zero-order chi connectivity index (χ0) is 13.4. The van der Waals surface area contributed by atoms with Gasteiger partial charge in [-0.05, 0) is 24.6 Å². The topological polar surface area (TPSA) is 58.6 Å². The summed E-state index contributed by atoms with van der Waals surface area (Å²) in [6.45, 7) is 2.63. The first-order chi connectivity index (χ1) is 8.69. The van der Waals surface area contributed by atoms with E-state index in [-0.39, 0.29) is 12.5 Å². The number of benzene rings is 1. The van der Waals surface area contributed by atoms with E-state index in [1.807, 2.05) is 19.1 Å². The van der Waals surface area contributed by atoms with E-state index in [1.165, 1.54) is 0 Å². The quantitative estimate of drug-likeness (QED) is 0.608. The molecule has 96 valence electrons. The van der Waals surface area contributed by atoms with Crippen molar-refractivity contribution in [2.45, 2.75) is 6.92 Å². The minimum Gasteiger partial charge on any atom is -0.384 e. The number of aliphatic hydroxyl groups is 1. The molecule has 18 heavy (non-hydrogen) atoms. The predicted molar refractivity (Wildman–Crippen MR) is 69.4 cm³/mol. The Balaban J connectivity index is 2.89. The van der Waals surface area contributed by atoms with E-state index < -0.39 is 0 Å². The fourth-order valence-electron chi connectivity index (χ4n) is 1.46. The molecule has 0 atom stereocenters. The van der Waals surface area contributed by atoms with Crippen LogP contribution in [0.2, 0.25) is 0 Å². The Morgan fingerprint density at radius 2 is 2.28 bits per heavy atom. The van der Waals surface area contributed by atoms with Gasteiger partial charge in [-0.25, -0.2) is 0 Å². The molecule has 2 N–H and O–H groups in total. The van der Waals surface area contributed by atoms with Crippen molar-refractivity contribution in [1.29, 1.82) is 0 Å². The van der Waals surface area contributed by atoms with Crippen LogP contribution in [-0.2, 0) is 4.74 Å². The van der Waals surface area contributed by atoms with Crippen molar-refractivity contribution in [1.82, 2.24) is 5.32 Å². The standard InChI is InChI=1S/C14H17NO3/c1-11-5-6-13(12(10-11)4-3-8-16)14(17)15-7-9-18-2/h5-6,10,16H,7-9H2,1-2H3,(H,15,17). The molecule has 0 saturated carbocycles. The number of amides is 1. The lowest BCUT2D eigenvalue weighted by Gasteiger charge is -2.07. The monoisotopic (exact) mass is 247 g/mol. The summed E-state index contributed by atoms with van der Waals surface area (Å²) in [5.41, 5.74) is 2.15. The lowest BCUT2D eigenvalue weighted by molar-refractivity contribution is 0.0937. The summed E-state index contributed by atoms with van der Waals surface area (Å²) >= 11 is 0. The molecule has 0 aliphatic heterocycles. The maximum Gasteiger partial charge on any atom is 0.252 e. The van der Waals surface area contributed by atoms with Crippen molar-refractivity contribution >= 4 is 5.91 Å². The van der Waals surface area contributed by atoms with E-state index in [0.29, 0.717) is 24.3 Å². The number of nitrogens with one attached hydrogen (secondary N) is 1. The third kappa shape index (κ3) is 4.21. The van der Waals surface area contributed by atoms with E-state index in [9.17, 15) is 4.79 Å². The van der Waals surface area contributed by atoms with Gasteiger partial charge in [0.05, 0.1) is 12.2 Å². The average molecular weight is 247 g/mol. The van der Waals surface area contributed by atoms with Crippen LogP contribution < -0.4 is 5.32 Å². The molecule has 0 aromatic heterocycles. The summed E-state index contributed by atoms with van der Waals surface area (Å²) in [5.74, 6) is 5.15. The van der Waals surface area contributed by atoms with Crippen LogP contribution in [-0.4, -0.2) is 37.9 Å². The third-order valence-electron chi connectivity index (χ3n) is 2.31. The minimum absolute atomic E-state index is 0.186. The van der Waals surface area contributed by atoms with Gasteiger partial charge in [0, 0.05) is 19.2 Å². The van der Waals surface area contributed by atoms with Gasteiger partial charge in [0.2, 0.25) is 0 Å². The zero-order valence-corrected chi connectivity index (χ0v) is 10.6. The molecule has 0 fully saturated rings. The second kappa shape index (κ2) is 7.49. The van der Waals surface area contributed by atoms with Crippen molar-refractivity contribution in [2.75, 3.05) is 26.9 Å². The van der Waals surface area contributed by atoms with Crippen molar-refractivity contribution in [3.63, 3.8) is 0 Å². The van der Waals surface area contributed by atoms with Gasteiger partial charge in [-0.15, -0.1) is 0 Å². The third-order valence-corrected chi connectivity index (χ3v) is 2.31. The summed E-state index contributed by atoms with van der Waals surface area (Å²) in [6, 6.07) is 5.42. The van der Waals surface area contributed by atoms with Gasteiger partial charge in [-0.1, -0.05) is 17.9 Å². The number of aryl methyl sites for hydroxylation is 1. The molecule has 4 nitrogen and oxygen atoms in total. The van der Waals surface area contributed by atoms with Crippen LogP contribution >= 0.6 is 0 Å². The first-order valence-corrected chi connectivity index (χ1v) is 5.66. The number of aliphatic hydroxyl groups excluding tert-OH is 1. The SMILES string of the molecule is COCCNC(=O)c1ccc(C)cc1C#CCO. The Morgan fingerprint density at radius 3 is 2.94 bits per heavy atom. The van der Waals surface area contributed by atoms with E-state index in [4.69, 9.17) is 9.84 Å². The number of methoxy groups -OCH3 is 1. The van der Waals surface area contributed by atoms with Crippen molar-refractivity contribution in [3.8, 4) is 11.8 Å². The molecule has 0 saturated heterocycles. The first kappa shape index (κ1) is 14.2. The molecule has 1 aromatic rings. The van der Waals surface area contributed by atoms with Crippen LogP contribution in [0.3, 0.4) is 0 Å². The van der Waals surface area contributed by atoms with Gasteiger partial charge in [0.1, 0.15) is 6.61 Å². The highest BCUT2D eigenvalue weighted by Gasteiger charge is 2.09. The van der Waals surface area contributed by atoms with Crippen molar-refractivity contribution < 1.29 is 14.6 Å². The van der Waals surface area contributed by atoms with Crippen LogP contribution in [0.1, 0.15) is 21.5 Å². The van der Waals surface area contributed by atoms with Gasteiger partial charge in [0.25, 0.3) is 5.91 Å². The molecule has 0 spiro atoms. The Hall–Kier alpha value is -1.83. The largest absolute Gasteiger partial charge is 0.384 e. The van der Waals surface area contributed by atoms with Gasteiger partial charge in [0.15, 0.2) is 0 Å². The Labute approximate surface area is 107 Å². The van der Waals surface area contributed by atoms with Crippen LogP contribution in [0.25, 0.3) is 0 Å². The summed E-state index contributed by atoms with van der Waals surface area (Å²) in [6.07, 6.45) is 0.